The Morgan fingerprint density at radius 2 is 2.31 bits per heavy atom. The van der Waals surface area contributed by atoms with E-state index in [1.165, 1.54) is 18.0 Å². The first kappa shape index (κ1) is 9.98. The Morgan fingerprint density at radius 1 is 1.62 bits per heavy atom. The number of thioether (sulfide) groups is 1. The van der Waals surface area contributed by atoms with Gasteiger partial charge in [-0.05, 0) is 6.07 Å². The van der Waals surface area contributed by atoms with Crippen molar-refractivity contribution in [1.29, 1.82) is 0 Å². The summed E-state index contributed by atoms with van der Waals surface area (Å²) in [6.45, 7) is 3.88. The van der Waals surface area contributed by atoms with Crippen molar-refractivity contribution in [1.82, 2.24) is 9.97 Å². The van der Waals surface area contributed by atoms with Gasteiger partial charge in [0.2, 0.25) is 5.82 Å². The molecule has 0 aliphatic rings. The molecule has 0 saturated heterocycles. The second kappa shape index (κ2) is 4.23. The molecule has 13 heavy (non-hydrogen) atoms. The average Bonchev–Trinajstić information content (AvgIpc) is 2.03. The van der Waals surface area contributed by atoms with Crippen molar-refractivity contribution >= 4 is 22.7 Å². The molecule has 0 unspecified atom stereocenters. The van der Waals surface area contributed by atoms with E-state index in [2.05, 4.69) is 9.97 Å². The van der Waals surface area contributed by atoms with Gasteiger partial charge in [-0.1, -0.05) is 25.6 Å². The monoisotopic (exact) mass is 197 g/mol. The van der Waals surface area contributed by atoms with Gasteiger partial charge in [0.05, 0.1) is 0 Å². The molecular formula is C8H11N3OS. The molecule has 2 N–H and O–H groups in total. The first-order chi connectivity index (χ1) is 6.09. The van der Waals surface area contributed by atoms with Gasteiger partial charge in [0.15, 0.2) is 0 Å². The number of aromatic nitrogens is 2. The van der Waals surface area contributed by atoms with E-state index >= 15 is 0 Å². The van der Waals surface area contributed by atoms with Gasteiger partial charge in [0.1, 0.15) is 5.82 Å². The van der Waals surface area contributed by atoms with Crippen LogP contribution in [0.1, 0.15) is 24.5 Å². The number of hydrogen-bond donors (Lipinski definition) is 1. The van der Waals surface area contributed by atoms with Crippen LogP contribution in [0.5, 0.6) is 0 Å². The van der Waals surface area contributed by atoms with Crippen LogP contribution in [0.4, 0.5) is 5.82 Å². The van der Waals surface area contributed by atoms with Gasteiger partial charge < -0.3 is 5.73 Å². The summed E-state index contributed by atoms with van der Waals surface area (Å²) in [6.07, 6.45) is 1.48. The van der Waals surface area contributed by atoms with Crippen LogP contribution < -0.4 is 5.73 Å². The maximum absolute atomic E-state index is 11.4. The van der Waals surface area contributed by atoms with E-state index in [9.17, 15) is 4.79 Å². The normalized spacial score (nSPS) is 10.4. The van der Waals surface area contributed by atoms with Crippen LogP contribution in [0.15, 0.2) is 12.3 Å². The Labute approximate surface area is 81.0 Å². The molecule has 1 heterocycles. The van der Waals surface area contributed by atoms with Crippen LogP contribution in [0.3, 0.4) is 0 Å². The van der Waals surface area contributed by atoms with Crippen molar-refractivity contribution in [3.63, 3.8) is 0 Å². The molecule has 0 aliphatic carbocycles. The Bertz CT molecular complexity index is 314. The zero-order chi connectivity index (χ0) is 9.84. The predicted octanol–water partition coefficient (Wildman–Crippen LogP) is 1.34. The summed E-state index contributed by atoms with van der Waals surface area (Å²) in [5.41, 5.74) is 5.41. The number of anilines is 1. The number of nitrogens with zero attached hydrogens (tertiary/aromatic N) is 2. The van der Waals surface area contributed by atoms with Gasteiger partial charge in [-0.3, -0.25) is 4.79 Å². The van der Waals surface area contributed by atoms with E-state index in [0.717, 1.165) is 0 Å². The lowest BCUT2D eigenvalue weighted by Crippen LogP contribution is -2.06. The molecule has 0 amide bonds. The summed E-state index contributed by atoms with van der Waals surface area (Å²) in [7, 11) is 0. The minimum atomic E-state index is -0.137. The summed E-state index contributed by atoms with van der Waals surface area (Å²) >= 11 is 1.20. The van der Waals surface area contributed by atoms with Gasteiger partial charge in [-0.25, -0.2) is 9.97 Å². The standard InChI is InChI=1S/C8H11N3OS/c1-5(2)13-8(12)7-10-4-3-6(9)11-7/h3-5H,1-2H3,(H2,9,10,11). The highest BCUT2D eigenvalue weighted by Gasteiger charge is 2.11. The van der Waals surface area contributed by atoms with Gasteiger partial charge in [0, 0.05) is 11.4 Å². The molecule has 4 nitrogen and oxygen atoms in total. The third-order valence-corrected chi connectivity index (χ3v) is 2.07. The fraction of sp³-hybridized carbons (Fsp3) is 0.375. The van der Waals surface area contributed by atoms with Crippen molar-refractivity contribution in [3.8, 4) is 0 Å². The summed E-state index contributed by atoms with van der Waals surface area (Å²) in [5, 5.41) is 0.0971. The molecule has 1 rings (SSSR count). The van der Waals surface area contributed by atoms with Crippen molar-refractivity contribution in [2.24, 2.45) is 0 Å². The topological polar surface area (TPSA) is 68.9 Å². The second-order valence-electron chi connectivity index (χ2n) is 2.76. The Hall–Kier alpha value is -1.10. The smallest absolute Gasteiger partial charge is 0.256 e. The molecule has 0 spiro atoms. The quantitative estimate of drug-likeness (QED) is 0.774. The zero-order valence-electron chi connectivity index (χ0n) is 7.52. The van der Waals surface area contributed by atoms with Gasteiger partial charge in [-0.2, -0.15) is 0 Å². The molecule has 1 aromatic rings. The molecule has 70 valence electrons. The fourth-order valence-corrected chi connectivity index (χ4v) is 1.37. The number of rotatable bonds is 2. The molecule has 1 aromatic heterocycles. The third kappa shape index (κ3) is 3.02. The highest BCUT2D eigenvalue weighted by atomic mass is 32.2. The Kier molecular flexibility index (Phi) is 3.25. The maximum atomic E-state index is 11.4. The minimum absolute atomic E-state index is 0.137. The van der Waals surface area contributed by atoms with Crippen molar-refractivity contribution in [3.05, 3.63) is 18.1 Å². The first-order valence-corrected chi connectivity index (χ1v) is 4.77. The summed E-state index contributed by atoms with van der Waals surface area (Å²) in [6, 6.07) is 1.55. The number of carbonyl (C=O) groups excluding carboxylic acids is 1. The largest absolute Gasteiger partial charge is 0.384 e. The molecule has 5 heteroatoms. The van der Waals surface area contributed by atoms with Crippen molar-refractivity contribution in [2.45, 2.75) is 19.1 Å². The lowest BCUT2D eigenvalue weighted by atomic mass is 10.5. The van der Waals surface area contributed by atoms with E-state index in [1.54, 1.807) is 6.07 Å². The van der Waals surface area contributed by atoms with Crippen LogP contribution in [0, 0.1) is 0 Å². The molecule has 0 radical (unpaired) electrons. The van der Waals surface area contributed by atoms with Crippen molar-refractivity contribution < 1.29 is 4.79 Å². The fourth-order valence-electron chi connectivity index (χ4n) is 0.738. The molecule has 0 fully saturated rings. The van der Waals surface area contributed by atoms with E-state index in [1.807, 2.05) is 13.8 Å². The SMILES string of the molecule is CC(C)SC(=O)c1nccc(N)n1. The Morgan fingerprint density at radius 3 is 2.85 bits per heavy atom. The van der Waals surface area contributed by atoms with Crippen LogP contribution in [-0.4, -0.2) is 20.3 Å². The molecule has 0 aromatic carbocycles. The summed E-state index contributed by atoms with van der Waals surface area (Å²) in [5.74, 6) is 0.501. The van der Waals surface area contributed by atoms with E-state index < -0.39 is 0 Å². The average molecular weight is 197 g/mol. The van der Waals surface area contributed by atoms with Gasteiger partial charge >= 0.3 is 0 Å². The van der Waals surface area contributed by atoms with Crippen LogP contribution in [0.25, 0.3) is 0 Å². The molecule has 0 saturated carbocycles. The van der Waals surface area contributed by atoms with E-state index in [-0.39, 0.29) is 16.2 Å². The maximum Gasteiger partial charge on any atom is 0.256 e. The summed E-state index contributed by atoms with van der Waals surface area (Å²) < 4.78 is 0. The number of hydrogen-bond acceptors (Lipinski definition) is 5. The van der Waals surface area contributed by atoms with Crippen LogP contribution in [0.2, 0.25) is 0 Å². The Balaban J connectivity index is 2.77. The van der Waals surface area contributed by atoms with E-state index in [0.29, 0.717) is 5.82 Å². The highest BCUT2D eigenvalue weighted by Crippen LogP contribution is 2.14. The predicted molar refractivity (Wildman–Crippen MR) is 53.5 cm³/mol. The van der Waals surface area contributed by atoms with Gasteiger partial charge in [-0.15, -0.1) is 0 Å². The third-order valence-electron chi connectivity index (χ3n) is 1.20. The van der Waals surface area contributed by atoms with Gasteiger partial charge in [0.25, 0.3) is 5.12 Å². The first-order valence-electron chi connectivity index (χ1n) is 3.89. The lowest BCUT2D eigenvalue weighted by Gasteiger charge is -2.01. The number of nitrogen functional groups attached to an aromatic ring is 1. The van der Waals surface area contributed by atoms with Crippen LogP contribution >= 0.6 is 11.8 Å². The van der Waals surface area contributed by atoms with Crippen molar-refractivity contribution in [2.75, 3.05) is 5.73 Å². The minimum Gasteiger partial charge on any atom is -0.384 e. The lowest BCUT2D eigenvalue weighted by molar-refractivity contribution is 0.108. The summed E-state index contributed by atoms with van der Waals surface area (Å²) in [4.78, 5) is 19.0. The number of carbonyl (C=O) groups is 1. The zero-order valence-corrected chi connectivity index (χ0v) is 8.34. The number of nitrogens with two attached hydrogens (primary N) is 1. The van der Waals surface area contributed by atoms with Crippen LogP contribution in [-0.2, 0) is 0 Å². The molecule has 0 atom stereocenters. The molecule has 0 bridgehead atoms. The molecular weight excluding hydrogens is 186 g/mol. The van der Waals surface area contributed by atoms with E-state index in [4.69, 9.17) is 5.73 Å². The molecule has 0 aliphatic heterocycles. The highest BCUT2D eigenvalue weighted by molar-refractivity contribution is 8.14. The second-order valence-corrected chi connectivity index (χ2v) is 4.31.